The van der Waals surface area contributed by atoms with Gasteiger partial charge in [0.1, 0.15) is 17.7 Å². The Morgan fingerprint density at radius 2 is 1.58 bits per heavy atom. The summed E-state index contributed by atoms with van der Waals surface area (Å²) in [5, 5.41) is 5.85. The molecule has 0 aliphatic carbocycles. The highest BCUT2D eigenvalue weighted by Crippen LogP contribution is 2.28. The average Bonchev–Trinajstić information content (AvgIpc) is 2.83. The van der Waals surface area contributed by atoms with Gasteiger partial charge in [-0.1, -0.05) is 71.7 Å². The Hall–Kier alpha value is -2.57. The SMILES string of the molecule is CCCCNC(=O)C(c1ccc(CC)cc1)N(C(=O)C(NC(=O)OC(C)(C)C)C(C)CC)C(C)CC. The molecule has 0 aliphatic rings. The van der Waals surface area contributed by atoms with Crippen molar-refractivity contribution in [2.75, 3.05) is 6.54 Å². The Bertz CT molecular complexity index is 832. The number of alkyl carbamates (subject to hydrolysis) is 1. The van der Waals surface area contributed by atoms with E-state index in [4.69, 9.17) is 4.74 Å². The molecular weight excluding hydrogens is 454 g/mol. The number of amides is 3. The van der Waals surface area contributed by atoms with Crippen LogP contribution in [-0.2, 0) is 20.7 Å². The number of hydrogen-bond acceptors (Lipinski definition) is 4. The third-order valence-corrected chi connectivity index (χ3v) is 6.53. The minimum atomic E-state index is -0.820. The van der Waals surface area contributed by atoms with E-state index in [0.717, 1.165) is 30.4 Å². The lowest BCUT2D eigenvalue weighted by Crippen LogP contribution is -2.57. The maximum Gasteiger partial charge on any atom is 0.408 e. The van der Waals surface area contributed by atoms with Crippen LogP contribution in [-0.4, -0.2) is 47.0 Å². The Labute approximate surface area is 218 Å². The minimum absolute atomic E-state index is 0.150. The molecule has 0 spiro atoms. The fraction of sp³-hybridized carbons (Fsp3) is 0.690. The third-order valence-electron chi connectivity index (χ3n) is 6.53. The predicted octanol–water partition coefficient (Wildman–Crippen LogP) is 5.77. The molecule has 4 unspecified atom stereocenters. The van der Waals surface area contributed by atoms with Crippen molar-refractivity contribution >= 4 is 17.9 Å². The monoisotopic (exact) mass is 503 g/mol. The number of benzene rings is 1. The van der Waals surface area contributed by atoms with E-state index in [0.29, 0.717) is 19.4 Å². The molecule has 1 rings (SSSR count). The van der Waals surface area contributed by atoms with Crippen molar-refractivity contribution in [3.63, 3.8) is 0 Å². The first-order chi connectivity index (χ1) is 16.9. The van der Waals surface area contributed by atoms with Gasteiger partial charge in [-0.3, -0.25) is 9.59 Å². The summed E-state index contributed by atoms with van der Waals surface area (Å²) in [5.74, 6) is -0.635. The molecule has 1 aromatic carbocycles. The summed E-state index contributed by atoms with van der Waals surface area (Å²) < 4.78 is 5.46. The van der Waals surface area contributed by atoms with Crippen LogP contribution < -0.4 is 10.6 Å². The van der Waals surface area contributed by atoms with Gasteiger partial charge in [-0.15, -0.1) is 0 Å². The number of nitrogens with one attached hydrogen (secondary N) is 2. The highest BCUT2D eigenvalue weighted by Gasteiger charge is 2.39. The number of hydrogen-bond donors (Lipinski definition) is 2. The van der Waals surface area contributed by atoms with Gasteiger partial charge in [-0.2, -0.15) is 0 Å². The van der Waals surface area contributed by atoms with E-state index in [1.807, 2.05) is 52.0 Å². The fourth-order valence-electron chi connectivity index (χ4n) is 3.93. The van der Waals surface area contributed by atoms with Crippen LogP contribution in [0.3, 0.4) is 0 Å². The summed E-state index contributed by atoms with van der Waals surface area (Å²) in [6.45, 7) is 17.9. The minimum Gasteiger partial charge on any atom is -0.444 e. The summed E-state index contributed by atoms with van der Waals surface area (Å²) in [6.07, 6.45) is 3.41. The number of carbonyl (C=O) groups is 3. The fourth-order valence-corrected chi connectivity index (χ4v) is 3.93. The molecule has 4 atom stereocenters. The lowest BCUT2D eigenvalue weighted by Gasteiger charge is -2.39. The van der Waals surface area contributed by atoms with Crippen molar-refractivity contribution in [1.29, 1.82) is 0 Å². The number of carbonyl (C=O) groups excluding carboxylic acids is 3. The average molecular weight is 504 g/mol. The molecule has 1 aromatic rings. The van der Waals surface area contributed by atoms with Gasteiger partial charge in [0.25, 0.3) is 0 Å². The van der Waals surface area contributed by atoms with Crippen molar-refractivity contribution in [2.24, 2.45) is 5.92 Å². The van der Waals surface area contributed by atoms with Crippen LogP contribution in [0.4, 0.5) is 4.79 Å². The van der Waals surface area contributed by atoms with Crippen LogP contribution in [0.5, 0.6) is 0 Å². The van der Waals surface area contributed by atoms with Crippen molar-refractivity contribution in [2.45, 2.75) is 118 Å². The van der Waals surface area contributed by atoms with Gasteiger partial charge in [0.05, 0.1) is 0 Å². The van der Waals surface area contributed by atoms with Crippen LogP contribution >= 0.6 is 0 Å². The molecule has 2 N–H and O–H groups in total. The smallest absolute Gasteiger partial charge is 0.408 e. The third kappa shape index (κ3) is 9.47. The van der Waals surface area contributed by atoms with Gasteiger partial charge in [0.15, 0.2) is 0 Å². The number of ether oxygens (including phenoxy) is 1. The predicted molar refractivity (Wildman–Crippen MR) is 146 cm³/mol. The normalized spacial score (nSPS) is 14.8. The Balaban J connectivity index is 3.51. The highest BCUT2D eigenvalue weighted by molar-refractivity contribution is 5.92. The van der Waals surface area contributed by atoms with E-state index in [2.05, 4.69) is 24.5 Å². The zero-order chi connectivity index (χ0) is 27.5. The molecule has 0 aromatic heterocycles. The van der Waals surface area contributed by atoms with Crippen LogP contribution in [0.25, 0.3) is 0 Å². The van der Waals surface area contributed by atoms with Gasteiger partial charge in [0, 0.05) is 12.6 Å². The Kier molecular flexibility index (Phi) is 13.0. The van der Waals surface area contributed by atoms with E-state index >= 15 is 0 Å². The molecule has 3 amide bonds. The molecule has 0 fully saturated rings. The summed E-state index contributed by atoms with van der Waals surface area (Å²) in [5.41, 5.74) is 1.23. The van der Waals surface area contributed by atoms with Gasteiger partial charge < -0.3 is 20.3 Å². The van der Waals surface area contributed by atoms with Crippen molar-refractivity contribution in [3.8, 4) is 0 Å². The van der Waals surface area contributed by atoms with E-state index in [1.54, 1.807) is 25.7 Å². The first kappa shape index (κ1) is 31.5. The first-order valence-electron chi connectivity index (χ1n) is 13.6. The number of rotatable bonds is 13. The van der Waals surface area contributed by atoms with Gasteiger partial charge in [0.2, 0.25) is 11.8 Å². The van der Waals surface area contributed by atoms with Crippen LogP contribution in [0.15, 0.2) is 24.3 Å². The van der Waals surface area contributed by atoms with E-state index in [9.17, 15) is 14.4 Å². The molecule has 0 saturated carbocycles. The zero-order valence-corrected chi connectivity index (χ0v) is 23.9. The summed E-state index contributed by atoms with van der Waals surface area (Å²) in [4.78, 5) is 42.1. The number of aryl methyl sites for hydroxylation is 1. The van der Waals surface area contributed by atoms with Gasteiger partial charge in [-0.25, -0.2) is 4.79 Å². The first-order valence-corrected chi connectivity index (χ1v) is 13.6. The molecule has 0 saturated heterocycles. The molecule has 7 nitrogen and oxygen atoms in total. The van der Waals surface area contributed by atoms with Crippen molar-refractivity contribution in [1.82, 2.24) is 15.5 Å². The number of nitrogens with zero attached hydrogens (tertiary/aromatic N) is 1. The quantitative estimate of drug-likeness (QED) is 0.334. The molecule has 36 heavy (non-hydrogen) atoms. The summed E-state index contributed by atoms with van der Waals surface area (Å²) >= 11 is 0. The largest absolute Gasteiger partial charge is 0.444 e. The number of unbranched alkanes of at least 4 members (excludes halogenated alkanes) is 1. The van der Waals surface area contributed by atoms with E-state index < -0.39 is 23.8 Å². The van der Waals surface area contributed by atoms with E-state index in [-0.39, 0.29) is 23.8 Å². The second kappa shape index (κ2) is 14.9. The highest BCUT2D eigenvalue weighted by atomic mass is 16.6. The topological polar surface area (TPSA) is 87.7 Å². The second-order valence-corrected chi connectivity index (χ2v) is 10.7. The maximum atomic E-state index is 14.2. The molecule has 204 valence electrons. The molecule has 0 bridgehead atoms. The lowest BCUT2D eigenvalue weighted by molar-refractivity contribution is -0.146. The van der Waals surface area contributed by atoms with Crippen LogP contribution in [0.2, 0.25) is 0 Å². The second-order valence-electron chi connectivity index (χ2n) is 10.7. The lowest BCUT2D eigenvalue weighted by atomic mass is 9.94. The maximum absolute atomic E-state index is 14.2. The molecule has 0 radical (unpaired) electrons. The standard InChI is InChI=1S/C29H49N3O4/c1-10-14-19-30-26(33)25(23-17-15-22(13-4)16-18-23)32(21(6)12-3)27(34)24(20(5)11-2)31-28(35)36-29(7,8)9/h15-18,20-21,24-25H,10-14,19H2,1-9H3,(H,30,33)(H,31,35). The molecule has 7 heteroatoms. The van der Waals surface area contributed by atoms with Crippen molar-refractivity contribution in [3.05, 3.63) is 35.4 Å². The van der Waals surface area contributed by atoms with E-state index in [1.165, 1.54) is 0 Å². The van der Waals surface area contributed by atoms with Gasteiger partial charge >= 0.3 is 6.09 Å². The molecule has 0 heterocycles. The van der Waals surface area contributed by atoms with Crippen LogP contribution in [0, 0.1) is 5.92 Å². The molecular formula is C29H49N3O4. The van der Waals surface area contributed by atoms with Crippen molar-refractivity contribution < 1.29 is 19.1 Å². The summed E-state index contributed by atoms with van der Waals surface area (Å²) in [6, 6.07) is 6.04. The van der Waals surface area contributed by atoms with Gasteiger partial charge in [-0.05, 0) is 64.0 Å². The molecule has 0 aliphatic heterocycles. The zero-order valence-electron chi connectivity index (χ0n) is 23.9. The van der Waals surface area contributed by atoms with Crippen LogP contribution in [0.1, 0.15) is 105 Å². The Morgan fingerprint density at radius 3 is 2.06 bits per heavy atom. The Morgan fingerprint density at radius 1 is 0.972 bits per heavy atom. The summed E-state index contributed by atoms with van der Waals surface area (Å²) in [7, 11) is 0.